The summed E-state index contributed by atoms with van der Waals surface area (Å²) in [7, 11) is 1.94. The molecule has 4 rings (SSSR count). The van der Waals surface area contributed by atoms with Crippen LogP contribution in [0.25, 0.3) is 0 Å². The van der Waals surface area contributed by atoms with Crippen molar-refractivity contribution >= 4 is 8.56 Å². The predicted molar refractivity (Wildman–Crippen MR) is 96.6 cm³/mol. The summed E-state index contributed by atoms with van der Waals surface area (Å²) >= 11 is 0. The summed E-state index contributed by atoms with van der Waals surface area (Å²) < 4.78 is 12.8. The van der Waals surface area contributed by atoms with Crippen LogP contribution >= 0.6 is 0 Å². The summed E-state index contributed by atoms with van der Waals surface area (Å²) in [6, 6.07) is 0. The molecule has 4 fully saturated rings. The van der Waals surface area contributed by atoms with E-state index >= 15 is 0 Å². The first-order chi connectivity index (χ1) is 11.3. The summed E-state index contributed by atoms with van der Waals surface area (Å²) in [4.78, 5) is 0. The Morgan fingerprint density at radius 3 is 1.48 bits per heavy atom. The fourth-order valence-corrected chi connectivity index (χ4v) is 12.2. The molecule has 0 spiro atoms. The van der Waals surface area contributed by atoms with Crippen LogP contribution in [0, 0.1) is 23.7 Å². The highest BCUT2D eigenvalue weighted by atomic mass is 28.4. The lowest BCUT2D eigenvalue weighted by Crippen LogP contribution is -2.62. The van der Waals surface area contributed by atoms with Crippen LogP contribution in [0.5, 0.6) is 0 Å². The van der Waals surface area contributed by atoms with Crippen molar-refractivity contribution in [2.75, 3.05) is 14.2 Å². The average molecular weight is 337 g/mol. The lowest BCUT2D eigenvalue weighted by atomic mass is 9.69. The average Bonchev–Trinajstić information content (AvgIpc) is 2.83. The van der Waals surface area contributed by atoms with Crippen molar-refractivity contribution in [3.05, 3.63) is 0 Å². The zero-order chi connectivity index (χ0) is 15.9. The van der Waals surface area contributed by atoms with E-state index in [0.717, 1.165) is 34.8 Å². The standard InChI is InChI=1S/C20H36O2Si/c1-21-23(22-2,19-13-15-9-5-3-7-11-17(15)19)20-14-16-10-6-4-8-12-18(16)20/h15-20H,3-14H2,1-2H3. The summed E-state index contributed by atoms with van der Waals surface area (Å²) in [5, 5.41) is 0. The van der Waals surface area contributed by atoms with Crippen molar-refractivity contribution in [3.8, 4) is 0 Å². The fraction of sp³-hybridized carbons (Fsp3) is 1.00. The van der Waals surface area contributed by atoms with Crippen molar-refractivity contribution in [3.63, 3.8) is 0 Å². The van der Waals surface area contributed by atoms with Gasteiger partial charge in [0.2, 0.25) is 0 Å². The molecule has 4 saturated carbocycles. The van der Waals surface area contributed by atoms with Gasteiger partial charge in [-0.3, -0.25) is 0 Å². The van der Waals surface area contributed by atoms with Crippen molar-refractivity contribution in [2.24, 2.45) is 23.7 Å². The van der Waals surface area contributed by atoms with Crippen LogP contribution in [0.15, 0.2) is 0 Å². The van der Waals surface area contributed by atoms with E-state index in [4.69, 9.17) is 8.85 Å². The summed E-state index contributed by atoms with van der Waals surface area (Å²) in [5.74, 6) is 3.89. The molecule has 3 heteroatoms. The van der Waals surface area contributed by atoms with Gasteiger partial charge < -0.3 is 8.85 Å². The number of rotatable bonds is 4. The van der Waals surface area contributed by atoms with Crippen molar-refractivity contribution in [1.29, 1.82) is 0 Å². The van der Waals surface area contributed by atoms with Crippen LogP contribution in [0.3, 0.4) is 0 Å². The lowest BCUT2D eigenvalue weighted by Gasteiger charge is -2.59. The summed E-state index contributed by atoms with van der Waals surface area (Å²) in [6.07, 6.45) is 17.5. The SMILES string of the molecule is CO[Si](OC)(C1CC2CCCCCC21)C1CC2CCCCCC21. The third kappa shape index (κ3) is 2.66. The Morgan fingerprint density at radius 2 is 1.04 bits per heavy atom. The second-order valence-corrected chi connectivity index (χ2v) is 12.7. The Balaban J connectivity index is 1.52. The fourth-order valence-electron chi connectivity index (χ4n) is 6.97. The maximum Gasteiger partial charge on any atom is 0.344 e. The third-order valence-electron chi connectivity index (χ3n) is 8.25. The molecule has 0 heterocycles. The van der Waals surface area contributed by atoms with Crippen molar-refractivity contribution in [1.82, 2.24) is 0 Å². The van der Waals surface area contributed by atoms with Gasteiger partial charge >= 0.3 is 8.56 Å². The van der Waals surface area contributed by atoms with Gasteiger partial charge in [0.15, 0.2) is 0 Å². The van der Waals surface area contributed by atoms with Gasteiger partial charge in [0.25, 0.3) is 0 Å². The minimum absolute atomic E-state index is 0.801. The molecule has 23 heavy (non-hydrogen) atoms. The summed E-state index contributed by atoms with van der Waals surface area (Å²) in [5.41, 5.74) is 1.60. The quantitative estimate of drug-likeness (QED) is 0.616. The van der Waals surface area contributed by atoms with Gasteiger partial charge in [-0.1, -0.05) is 64.2 Å². The van der Waals surface area contributed by atoms with Gasteiger partial charge in [0.1, 0.15) is 0 Å². The number of fused-ring (bicyclic) bond motifs is 2. The van der Waals surface area contributed by atoms with Crippen LogP contribution in [0.1, 0.15) is 77.0 Å². The predicted octanol–water partition coefficient (Wildman–Crippen LogP) is 5.66. The van der Waals surface area contributed by atoms with E-state index in [-0.39, 0.29) is 0 Å². The van der Waals surface area contributed by atoms with E-state index < -0.39 is 8.56 Å². The van der Waals surface area contributed by atoms with E-state index in [9.17, 15) is 0 Å². The molecule has 4 aliphatic carbocycles. The van der Waals surface area contributed by atoms with E-state index in [0.29, 0.717) is 0 Å². The summed E-state index contributed by atoms with van der Waals surface area (Å²) in [6.45, 7) is 0. The highest BCUT2D eigenvalue weighted by Gasteiger charge is 2.64. The Hall–Kier alpha value is 0.137. The highest BCUT2D eigenvalue weighted by Crippen LogP contribution is 2.65. The Bertz CT molecular complexity index is 374. The lowest BCUT2D eigenvalue weighted by molar-refractivity contribution is 0.0600. The number of hydrogen-bond acceptors (Lipinski definition) is 2. The maximum absolute atomic E-state index is 6.39. The van der Waals surface area contributed by atoms with Gasteiger partial charge in [-0.15, -0.1) is 0 Å². The highest BCUT2D eigenvalue weighted by molar-refractivity contribution is 6.71. The van der Waals surface area contributed by atoms with Crippen LogP contribution in [0.4, 0.5) is 0 Å². The third-order valence-corrected chi connectivity index (χ3v) is 12.9. The molecule has 0 radical (unpaired) electrons. The first kappa shape index (κ1) is 16.6. The molecule has 0 saturated heterocycles. The maximum atomic E-state index is 6.39. The van der Waals surface area contributed by atoms with Gasteiger partial charge in [0.05, 0.1) is 0 Å². The second-order valence-electron chi connectivity index (χ2n) is 8.94. The van der Waals surface area contributed by atoms with Gasteiger partial charge in [0, 0.05) is 25.3 Å². The van der Waals surface area contributed by atoms with Crippen LogP contribution in [0.2, 0.25) is 11.1 Å². The monoisotopic (exact) mass is 336 g/mol. The van der Waals surface area contributed by atoms with Crippen LogP contribution < -0.4 is 0 Å². The van der Waals surface area contributed by atoms with Crippen molar-refractivity contribution < 1.29 is 8.85 Å². The van der Waals surface area contributed by atoms with Gasteiger partial charge in [-0.25, -0.2) is 0 Å². The molecule has 0 aromatic carbocycles. The molecular weight excluding hydrogens is 300 g/mol. The molecule has 2 nitrogen and oxygen atoms in total. The van der Waals surface area contributed by atoms with Gasteiger partial charge in [-0.2, -0.15) is 0 Å². The topological polar surface area (TPSA) is 18.5 Å². The largest absolute Gasteiger partial charge is 0.397 e. The van der Waals surface area contributed by atoms with E-state index in [1.165, 1.54) is 77.0 Å². The molecule has 0 aliphatic heterocycles. The molecule has 0 amide bonds. The van der Waals surface area contributed by atoms with Crippen molar-refractivity contribution in [2.45, 2.75) is 88.1 Å². The zero-order valence-electron chi connectivity index (χ0n) is 15.3. The molecule has 132 valence electrons. The molecule has 0 aromatic rings. The molecule has 0 aromatic heterocycles. The normalized spacial score (nSPS) is 44.1. The minimum atomic E-state index is -2.04. The Morgan fingerprint density at radius 1 is 0.609 bits per heavy atom. The van der Waals surface area contributed by atoms with E-state index in [2.05, 4.69) is 0 Å². The zero-order valence-corrected chi connectivity index (χ0v) is 16.3. The molecule has 6 atom stereocenters. The first-order valence-electron chi connectivity index (χ1n) is 10.4. The second kappa shape index (κ2) is 6.80. The first-order valence-corrected chi connectivity index (χ1v) is 12.4. The Labute approximate surface area is 144 Å². The Kier molecular flexibility index (Phi) is 4.91. The molecular formula is C20H36O2Si. The number of hydrogen-bond donors (Lipinski definition) is 0. The van der Waals surface area contributed by atoms with E-state index in [1.54, 1.807) is 0 Å². The molecule has 6 unspecified atom stereocenters. The van der Waals surface area contributed by atoms with E-state index in [1.807, 2.05) is 14.2 Å². The molecule has 0 bridgehead atoms. The smallest absolute Gasteiger partial charge is 0.344 e. The van der Waals surface area contributed by atoms with Crippen LogP contribution in [-0.4, -0.2) is 22.8 Å². The molecule has 0 N–H and O–H groups in total. The van der Waals surface area contributed by atoms with Crippen LogP contribution in [-0.2, 0) is 8.85 Å². The minimum Gasteiger partial charge on any atom is -0.397 e. The van der Waals surface area contributed by atoms with Gasteiger partial charge in [-0.05, 0) is 36.5 Å². The molecule has 4 aliphatic rings.